The van der Waals surface area contributed by atoms with Crippen molar-refractivity contribution in [2.24, 2.45) is 17.8 Å². The number of carbonyl (C=O) groups is 2. The Morgan fingerprint density at radius 1 is 1.16 bits per heavy atom. The summed E-state index contributed by atoms with van der Waals surface area (Å²) in [4.78, 5) is 27.1. The minimum Gasteiger partial charge on any atom is -0.481 e. The van der Waals surface area contributed by atoms with Gasteiger partial charge in [0.1, 0.15) is 0 Å². The third-order valence-electron chi connectivity index (χ3n) is 6.63. The monoisotopic (exact) mass is 341 g/mol. The highest BCUT2D eigenvalue weighted by molar-refractivity contribution is 5.89. The predicted octanol–water partition coefficient (Wildman–Crippen LogP) is 3.38. The van der Waals surface area contributed by atoms with Crippen LogP contribution in [-0.4, -0.2) is 35.0 Å². The van der Waals surface area contributed by atoms with E-state index >= 15 is 0 Å². The van der Waals surface area contributed by atoms with E-state index in [0.717, 1.165) is 44.1 Å². The Morgan fingerprint density at radius 2 is 1.88 bits per heavy atom. The summed E-state index contributed by atoms with van der Waals surface area (Å²) in [6.07, 6.45) is 6.16. The maximum Gasteiger partial charge on any atom is 0.308 e. The van der Waals surface area contributed by atoms with E-state index in [-0.39, 0.29) is 17.7 Å². The summed E-state index contributed by atoms with van der Waals surface area (Å²) in [6.45, 7) is 3.09. The van der Waals surface area contributed by atoms with Crippen LogP contribution in [0, 0.1) is 24.7 Å². The second-order valence-electron chi connectivity index (χ2n) is 8.31. The molecule has 1 N–H and O–H groups in total. The first-order chi connectivity index (χ1) is 12.0. The summed E-state index contributed by atoms with van der Waals surface area (Å²) in [5.74, 6) is -0.282. The standard InChI is InChI=1S/C21H27NO3/c1-14-5-4-6-16(11-14)21(9-2-3-10-21)20(25)22-12-17(15-7-8-15)18(13-22)19(23)24/h4-6,11,15,17-18H,2-3,7-10,12-13H2,1H3,(H,23,24)/t17-,18+/m1/s1. The Balaban J connectivity index is 1.62. The summed E-state index contributed by atoms with van der Waals surface area (Å²) >= 11 is 0. The molecule has 1 aliphatic heterocycles. The first-order valence-electron chi connectivity index (χ1n) is 9.60. The van der Waals surface area contributed by atoms with E-state index in [1.807, 2.05) is 11.0 Å². The summed E-state index contributed by atoms with van der Waals surface area (Å²) in [5, 5.41) is 9.60. The molecule has 0 unspecified atom stereocenters. The summed E-state index contributed by atoms with van der Waals surface area (Å²) < 4.78 is 0. The highest BCUT2D eigenvalue weighted by Crippen LogP contribution is 2.47. The second kappa shape index (κ2) is 6.15. The zero-order chi connectivity index (χ0) is 17.6. The maximum atomic E-state index is 13.6. The highest BCUT2D eigenvalue weighted by atomic mass is 16.4. The summed E-state index contributed by atoms with van der Waals surface area (Å²) in [6, 6.07) is 8.33. The first-order valence-corrected chi connectivity index (χ1v) is 9.60. The van der Waals surface area contributed by atoms with Crippen molar-refractivity contribution in [2.45, 2.75) is 50.9 Å². The van der Waals surface area contributed by atoms with E-state index in [9.17, 15) is 14.7 Å². The minimum absolute atomic E-state index is 0.150. The van der Waals surface area contributed by atoms with Gasteiger partial charge in [-0.3, -0.25) is 9.59 Å². The van der Waals surface area contributed by atoms with Gasteiger partial charge in [-0.25, -0.2) is 0 Å². The van der Waals surface area contributed by atoms with Crippen LogP contribution in [0.2, 0.25) is 0 Å². The summed E-state index contributed by atoms with van der Waals surface area (Å²) in [7, 11) is 0. The predicted molar refractivity (Wildman–Crippen MR) is 95.2 cm³/mol. The molecule has 0 radical (unpaired) electrons. The number of carbonyl (C=O) groups excluding carboxylic acids is 1. The van der Waals surface area contributed by atoms with Gasteiger partial charge in [0.2, 0.25) is 5.91 Å². The van der Waals surface area contributed by atoms with Crippen LogP contribution in [0.5, 0.6) is 0 Å². The molecule has 3 aliphatic rings. The van der Waals surface area contributed by atoms with E-state index in [1.165, 1.54) is 5.56 Å². The van der Waals surface area contributed by atoms with Gasteiger partial charge in [0.05, 0.1) is 11.3 Å². The average molecular weight is 341 g/mol. The molecule has 1 amide bonds. The molecule has 1 saturated heterocycles. The van der Waals surface area contributed by atoms with Crippen LogP contribution in [0.4, 0.5) is 0 Å². The van der Waals surface area contributed by atoms with Crippen LogP contribution in [0.15, 0.2) is 24.3 Å². The molecule has 1 heterocycles. The fraction of sp³-hybridized carbons (Fsp3) is 0.619. The molecule has 1 aromatic rings. The molecule has 134 valence electrons. The van der Waals surface area contributed by atoms with Crippen molar-refractivity contribution >= 4 is 11.9 Å². The number of hydrogen-bond donors (Lipinski definition) is 1. The smallest absolute Gasteiger partial charge is 0.308 e. The molecule has 4 nitrogen and oxygen atoms in total. The highest BCUT2D eigenvalue weighted by Gasteiger charge is 2.51. The van der Waals surface area contributed by atoms with Crippen LogP contribution >= 0.6 is 0 Å². The topological polar surface area (TPSA) is 57.6 Å². The Morgan fingerprint density at radius 3 is 2.48 bits per heavy atom. The number of likely N-dealkylation sites (tertiary alicyclic amines) is 1. The van der Waals surface area contributed by atoms with E-state index < -0.39 is 11.4 Å². The van der Waals surface area contributed by atoms with Gasteiger partial charge in [0.25, 0.3) is 0 Å². The quantitative estimate of drug-likeness (QED) is 0.913. The SMILES string of the molecule is Cc1cccc(C2(C(=O)N3C[C@H](C(=O)O)[C@@H](C4CC4)C3)CCCC2)c1. The Labute approximate surface area is 149 Å². The number of nitrogens with zero attached hydrogens (tertiary/aromatic N) is 1. The van der Waals surface area contributed by atoms with Gasteiger partial charge in [-0.1, -0.05) is 42.7 Å². The zero-order valence-electron chi connectivity index (χ0n) is 14.9. The Kier molecular flexibility index (Phi) is 4.09. The molecule has 3 fully saturated rings. The lowest BCUT2D eigenvalue weighted by Gasteiger charge is -2.33. The summed E-state index contributed by atoms with van der Waals surface area (Å²) in [5.41, 5.74) is 1.86. The largest absolute Gasteiger partial charge is 0.481 e. The van der Waals surface area contributed by atoms with Crippen LogP contribution in [0.3, 0.4) is 0 Å². The van der Waals surface area contributed by atoms with Gasteiger partial charge >= 0.3 is 5.97 Å². The molecule has 1 aromatic carbocycles. The fourth-order valence-corrected chi connectivity index (χ4v) is 5.11. The van der Waals surface area contributed by atoms with Crippen LogP contribution in [0.25, 0.3) is 0 Å². The number of aliphatic carboxylic acids is 1. The molecule has 4 rings (SSSR count). The third-order valence-corrected chi connectivity index (χ3v) is 6.63. The van der Waals surface area contributed by atoms with Crippen molar-refractivity contribution in [1.82, 2.24) is 4.90 Å². The molecule has 0 aromatic heterocycles. The number of hydrogen-bond acceptors (Lipinski definition) is 2. The van der Waals surface area contributed by atoms with E-state index in [1.54, 1.807) is 0 Å². The number of carboxylic acids is 1. The number of amides is 1. The molecule has 0 spiro atoms. The van der Waals surface area contributed by atoms with E-state index in [0.29, 0.717) is 19.0 Å². The molecule has 2 saturated carbocycles. The number of aryl methyl sites for hydroxylation is 1. The van der Waals surface area contributed by atoms with Gasteiger partial charge in [-0.15, -0.1) is 0 Å². The third kappa shape index (κ3) is 2.86. The van der Waals surface area contributed by atoms with Crippen molar-refractivity contribution in [2.75, 3.05) is 13.1 Å². The lowest BCUT2D eigenvalue weighted by Crippen LogP contribution is -2.45. The van der Waals surface area contributed by atoms with Gasteiger partial charge < -0.3 is 10.0 Å². The number of benzene rings is 1. The molecule has 25 heavy (non-hydrogen) atoms. The van der Waals surface area contributed by atoms with E-state index in [2.05, 4.69) is 25.1 Å². The maximum absolute atomic E-state index is 13.6. The number of carboxylic acid groups (broad SMARTS) is 1. The fourth-order valence-electron chi connectivity index (χ4n) is 5.11. The van der Waals surface area contributed by atoms with Crippen molar-refractivity contribution in [1.29, 1.82) is 0 Å². The second-order valence-corrected chi connectivity index (χ2v) is 8.31. The molecule has 4 heteroatoms. The van der Waals surface area contributed by atoms with Gasteiger partial charge in [0, 0.05) is 13.1 Å². The lowest BCUT2D eigenvalue weighted by atomic mass is 9.77. The van der Waals surface area contributed by atoms with Gasteiger partial charge in [-0.05, 0) is 50.0 Å². The van der Waals surface area contributed by atoms with Crippen LogP contribution in [0.1, 0.15) is 49.7 Å². The Hall–Kier alpha value is -1.84. The first kappa shape index (κ1) is 16.6. The number of rotatable bonds is 4. The minimum atomic E-state index is -0.733. The molecule has 2 atom stereocenters. The molecule has 2 aliphatic carbocycles. The molecule has 0 bridgehead atoms. The molecular weight excluding hydrogens is 314 g/mol. The van der Waals surface area contributed by atoms with Crippen molar-refractivity contribution < 1.29 is 14.7 Å². The van der Waals surface area contributed by atoms with E-state index in [4.69, 9.17) is 0 Å². The van der Waals surface area contributed by atoms with Crippen molar-refractivity contribution in [3.8, 4) is 0 Å². The lowest BCUT2D eigenvalue weighted by molar-refractivity contribution is -0.143. The van der Waals surface area contributed by atoms with Crippen molar-refractivity contribution in [3.05, 3.63) is 35.4 Å². The van der Waals surface area contributed by atoms with Crippen LogP contribution < -0.4 is 0 Å². The van der Waals surface area contributed by atoms with Crippen LogP contribution in [-0.2, 0) is 15.0 Å². The van der Waals surface area contributed by atoms with Crippen molar-refractivity contribution in [3.63, 3.8) is 0 Å². The average Bonchev–Trinajstić information content (AvgIpc) is 3.14. The van der Waals surface area contributed by atoms with Gasteiger partial charge in [0.15, 0.2) is 0 Å². The Bertz CT molecular complexity index is 688. The zero-order valence-corrected chi connectivity index (χ0v) is 14.9. The normalized spacial score (nSPS) is 28.3. The molecular formula is C21H27NO3. The van der Waals surface area contributed by atoms with Gasteiger partial charge in [-0.2, -0.15) is 0 Å².